The van der Waals surface area contributed by atoms with Crippen molar-refractivity contribution in [2.24, 2.45) is 0 Å². The van der Waals surface area contributed by atoms with E-state index in [1.54, 1.807) is 0 Å². The topological polar surface area (TPSA) is 12.0 Å². The van der Waals surface area contributed by atoms with Crippen LogP contribution in [0.3, 0.4) is 0 Å². The van der Waals surface area contributed by atoms with Gasteiger partial charge in [-0.15, -0.1) is 0 Å². The van der Waals surface area contributed by atoms with Crippen molar-refractivity contribution in [1.82, 2.24) is 5.32 Å². The highest BCUT2D eigenvalue weighted by atomic mass is 14.9. The van der Waals surface area contributed by atoms with E-state index in [0.29, 0.717) is 6.04 Å². The molecule has 1 atom stereocenters. The van der Waals surface area contributed by atoms with Crippen LogP contribution in [0.4, 0.5) is 0 Å². The van der Waals surface area contributed by atoms with E-state index in [-0.39, 0.29) is 0 Å². The predicted octanol–water partition coefficient (Wildman–Crippen LogP) is 3.30. The largest absolute Gasteiger partial charge is 0.306 e. The minimum Gasteiger partial charge on any atom is -0.306 e. The Morgan fingerprint density at radius 3 is 2.50 bits per heavy atom. The Morgan fingerprint density at radius 2 is 2.00 bits per heavy atom. The van der Waals surface area contributed by atoms with Crippen LogP contribution in [-0.4, -0.2) is 6.54 Å². The second kappa shape index (κ2) is 5.61. The number of hydrogen-bond donors (Lipinski definition) is 1. The summed E-state index contributed by atoms with van der Waals surface area (Å²) in [6.07, 6.45) is 1.11. The molecule has 0 fully saturated rings. The fourth-order valence-electron chi connectivity index (χ4n) is 1.48. The van der Waals surface area contributed by atoms with Crippen LogP contribution in [0.25, 0.3) is 0 Å². The molecule has 76 valence electrons. The Bertz CT molecular complexity index is 277. The highest BCUT2D eigenvalue weighted by molar-refractivity contribution is 5.19. The van der Waals surface area contributed by atoms with Crippen LogP contribution in [0, 0.1) is 0 Å². The highest BCUT2D eigenvalue weighted by Gasteiger charge is 2.06. The van der Waals surface area contributed by atoms with Crippen LogP contribution in [0.5, 0.6) is 0 Å². The molecule has 1 unspecified atom stereocenters. The van der Waals surface area contributed by atoms with Gasteiger partial charge in [-0.2, -0.15) is 0 Å². The average Bonchev–Trinajstić information content (AvgIpc) is 2.20. The zero-order valence-corrected chi connectivity index (χ0v) is 9.09. The van der Waals surface area contributed by atoms with Gasteiger partial charge in [-0.1, -0.05) is 49.4 Å². The molecule has 0 radical (unpaired) electrons. The molecule has 0 saturated heterocycles. The van der Waals surface area contributed by atoms with Crippen LogP contribution in [0.2, 0.25) is 0 Å². The zero-order chi connectivity index (χ0) is 10.4. The number of nitrogens with one attached hydrogen (secondary N) is 1. The highest BCUT2D eigenvalue weighted by Crippen LogP contribution is 2.15. The molecule has 1 aromatic rings. The fraction of sp³-hybridized carbons (Fsp3) is 0.385. The quantitative estimate of drug-likeness (QED) is 0.701. The summed E-state index contributed by atoms with van der Waals surface area (Å²) in [5.74, 6) is 0. The molecule has 0 amide bonds. The molecule has 0 bridgehead atoms. The number of benzene rings is 1. The van der Waals surface area contributed by atoms with Gasteiger partial charge in [0, 0.05) is 12.6 Å². The summed E-state index contributed by atoms with van der Waals surface area (Å²) in [5.41, 5.74) is 2.54. The molecular weight excluding hydrogens is 170 g/mol. The monoisotopic (exact) mass is 189 g/mol. The average molecular weight is 189 g/mol. The van der Waals surface area contributed by atoms with Gasteiger partial charge in [0.25, 0.3) is 0 Å². The lowest BCUT2D eigenvalue weighted by Crippen LogP contribution is -2.22. The van der Waals surface area contributed by atoms with Gasteiger partial charge < -0.3 is 5.32 Å². The van der Waals surface area contributed by atoms with Crippen LogP contribution in [0.1, 0.15) is 31.9 Å². The van der Waals surface area contributed by atoms with Crippen LogP contribution < -0.4 is 5.32 Å². The van der Waals surface area contributed by atoms with Gasteiger partial charge in [-0.05, 0) is 18.9 Å². The van der Waals surface area contributed by atoms with Crippen molar-refractivity contribution in [1.29, 1.82) is 0 Å². The first-order valence-electron chi connectivity index (χ1n) is 5.16. The van der Waals surface area contributed by atoms with E-state index in [0.717, 1.165) is 13.0 Å². The van der Waals surface area contributed by atoms with Crippen LogP contribution >= 0.6 is 0 Å². The smallest absolute Gasteiger partial charge is 0.0320 e. The van der Waals surface area contributed by atoms with Crippen LogP contribution in [0.15, 0.2) is 42.5 Å². The normalized spacial score (nSPS) is 12.4. The third kappa shape index (κ3) is 3.35. The number of rotatable bonds is 5. The third-order valence-corrected chi connectivity index (χ3v) is 2.26. The molecule has 0 spiro atoms. The molecule has 0 saturated carbocycles. The third-order valence-electron chi connectivity index (χ3n) is 2.26. The van der Waals surface area contributed by atoms with Crippen molar-refractivity contribution in [3.63, 3.8) is 0 Å². The first-order chi connectivity index (χ1) is 6.74. The SMILES string of the molecule is C=C(C)CNC(CC)c1ccccc1. The zero-order valence-electron chi connectivity index (χ0n) is 9.09. The van der Waals surface area contributed by atoms with E-state index in [4.69, 9.17) is 0 Å². The van der Waals surface area contributed by atoms with Crippen molar-refractivity contribution in [2.75, 3.05) is 6.54 Å². The summed E-state index contributed by atoms with van der Waals surface area (Å²) in [6, 6.07) is 11.0. The molecule has 1 nitrogen and oxygen atoms in total. The van der Waals surface area contributed by atoms with Gasteiger partial charge in [0.2, 0.25) is 0 Å². The summed E-state index contributed by atoms with van der Waals surface area (Å²) in [6.45, 7) is 9.03. The molecule has 1 heteroatoms. The molecule has 0 aromatic heterocycles. The Labute approximate surface area is 86.8 Å². The van der Waals surface area contributed by atoms with E-state index in [1.807, 2.05) is 6.92 Å². The molecule has 14 heavy (non-hydrogen) atoms. The first-order valence-corrected chi connectivity index (χ1v) is 5.16. The van der Waals surface area contributed by atoms with Gasteiger partial charge >= 0.3 is 0 Å². The van der Waals surface area contributed by atoms with E-state index in [2.05, 4.69) is 49.2 Å². The van der Waals surface area contributed by atoms with Gasteiger partial charge in [-0.25, -0.2) is 0 Å². The van der Waals surface area contributed by atoms with E-state index in [1.165, 1.54) is 11.1 Å². The Hall–Kier alpha value is -1.08. The molecule has 0 aliphatic carbocycles. The lowest BCUT2D eigenvalue weighted by molar-refractivity contribution is 0.544. The van der Waals surface area contributed by atoms with Gasteiger partial charge in [0.05, 0.1) is 0 Å². The summed E-state index contributed by atoms with van der Waals surface area (Å²) in [7, 11) is 0. The molecule has 0 aliphatic heterocycles. The fourth-order valence-corrected chi connectivity index (χ4v) is 1.48. The maximum absolute atomic E-state index is 3.89. The van der Waals surface area contributed by atoms with Gasteiger partial charge in [0.1, 0.15) is 0 Å². The van der Waals surface area contributed by atoms with Gasteiger partial charge in [0.15, 0.2) is 0 Å². The summed E-state index contributed by atoms with van der Waals surface area (Å²) in [5, 5.41) is 3.49. The molecule has 0 heterocycles. The summed E-state index contributed by atoms with van der Waals surface area (Å²) in [4.78, 5) is 0. The Kier molecular flexibility index (Phi) is 4.41. The Morgan fingerprint density at radius 1 is 1.36 bits per heavy atom. The van der Waals surface area contributed by atoms with E-state index in [9.17, 15) is 0 Å². The van der Waals surface area contributed by atoms with E-state index >= 15 is 0 Å². The van der Waals surface area contributed by atoms with Crippen molar-refractivity contribution in [3.8, 4) is 0 Å². The second-order valence-electron chi connectivity index (χ2n) is 3.71. The molecular formula is C13H19N. The first kappa shape index (κ1) is 11.0. The maximum Gasteiger partial charge on any atom is 0.0320 e. The van der Waals surface area contributed by atoms with E-state index < -0.39 is 0 Å². The lowest BCUT2D eigenvalue weighted by Gasteiger charge is -2.17. The maximum atomic E-state index is 3.89. The second-order valence-corrected chi connectivity index (χ2v) is 3.71. The lowest BCUT2D eigenvalue weighted by atomic mass is 10.0. The molecule has 1 N–H and O–H groups in total. The molecule has 0 aliphatic rings. The summed E-state index contributed by atoms with van der Waals surface area (Å²) >= 11 is 0. The van der Waals surface area contributed by atoms with Crippen LogP contribution in [-0.2, 0) is 0 Å². The Balaban J connectivity index is 2.58. The van der Waals surface area contributed by atoms with Crippen molar-refractivity contribution in [2.45, 2.75) is 26.3 Å². The summed E-state index contributed by atoms with van der Waals surface area (Å²) < 4.78 is 0. The minimum atomic E-state index is 0.452. The molecule has 1 aromatic carbocycles. The number of hydrogen-bond acceptors (Lipinski definition) is 1. The minimum absolute atomic E-state index is 0.452. The molecule has 1 rings (SSSR count). The predicted molar refractivity (Wildman–Crippen MR) is 62.3 cm³/mol. The van der Waals surface area contributed by atoms with Gasteiger partial charge in [-0.3, -0.25) is 0 Å². The van der Waals surface area contributed by atoms with Crippen molar-refractivity contribution in [3.05, 3.63) is 48.0 Å². The standard InChI is InChI=1S/C13H19N/c1-4-13(14-10-11(2)3)12-8-6-5-7-9-12/h5-9,13-14H,2,4,10H2,1,3H3. The van der Waals surface area contributed by atoms with Crippen molar-refractivity contribution >= 4 is 0 Å². The van der Waals surface area contributed by atoms with Crippen molar-refractivity contribution < 1.29 is 0 Å².